The second kappa shape index (κ2) is 8.66. The number of hydrogen-bond donors (Lipinski definition) is 5. The molecular weight excluding hydrogens is 422 g/mol. The molecule has 2 aromatic carbocycles. The summed E-state index contributed by atoms with van der Waals surface area (Å²) in [7, 11) is -4.28. The molecule has 0 spiro atoms. The van der Waals surface area contributed by atoms with Crippen LogP contribution in [0.5, 0.6) is 5.75 Å². The van der Waals surface area contributed by atoms with Crippen LogP contribution in [0.1, 0.15) is 29.7 Å². The minimum absolute atomic E-state index is 0.0997. The van der Waals surface area contributed by atoms with E-state index in [4.69, 9.17) is 25.4 Å². The van der Waals surface area contributed by atoms with Crippen LogP contribution < -0.4 is 25.6 Å². The summed E-state index contributed by atoms with van der Waals surface area (Å²) < 4.78 is 36.0. The van der Waals surface area contributed by atoms with E-state index >= 15 is 0 Å². The van der Waals surface area contributed by atoms with Crippen molar-refractivity contribution in [2.24, 2.45) is 10.9 Å². The second-order valence-electron chi connectivity index (χ2n) is 6.83. The summed E-state index contributed by atoms with van der Waals surface area (Å²) in [5.74, 6) is -0.552. The maximum Gasteiger partial charge on any atom is 0.298 e. The fourth-order valence-electron chi connectivity index (χ4n) is 3.09. The van der Waals surface area contributed by atoms with E-state index in [-0.39, 0.29) is 5.84 Å². The van der Waals surface area contributed by atoms with Gasteiger partial charge in [0.05, 0.1) is 12.9 Å². The number of amides is 1. The molecule has 1 aromatic heterocycles. The Hall–Kier alpha value is -3.57. The Morgan fingerprint density at radius 1 is 1.26 bits per heavy atom. The van der Waals surface area contributed by atoms with Gasteiger partial charge in [0.15, 0.2) is 11.3 Å². The Balaban J connectivity index is 2.08. The minimum atomic E-state index is -4.28. The molecule has 0 unspecified atom stereocenters. The van der Waals surface area contributed by atoms with Gasteiger partial charge >= 0.3 is 0 Å². The van der Waals surface area contributed by atoms with E-state index in [1.165, 1.54) is 0 Å². The lowest BCUT2D eigenvalue weighted by Crippen LogP contribution is -2.41. The van der Waals surface area contributed by atoms with Gasteiger partial charge in [-0.2, -0.15) is 8.42 Å². The van der Waals surface area contributed by atoms with Crippen LogP contribution in [0.25, 0.3) is 11.0 Å². The third-order valence-electron chi connectivity index (χ3n) is 4.50. The summed E-state index contributed by atoms with van der Waals surface area (Å²) >= 11 is 0. The lowest BCUT2D eigenvalue weighted by Gasteiger charge is -2.20. The predicted octanol–water partition coefficient (Wildman–Crippen LogP) is 1.90. The number of benzene rings is 2. The van der Waals surface area contributed by atoms with Gasteiger partial charge in [-0.05, 0) is 61.4 Å². The van der Waals surface area contributed by atoms with E-state index in [0.717, 1.165) is 10.9 Å². The molecule has 0 aliphatic rings. The molecule has 0 aliphatic heterocycles. The van der Waals surface area contributed by atoms with Gasteiger partial charge < -0.3 is 20.2 Å². The molecule has 0 fully saturated rings. The molecule has 3 aromatic rings. The molecular formula is C20H23N5O5S. The van der Waals surface area contributed by atoms with Crippen molar-refractivity contribution >= 4 is 38.6 Å². The summed E-state index contributed by atoms with van der Waals surface area (Å²) in [6, 6.07) is 8.67. The van der Waals surface area contributed by atoms with Crippen molar-refractivity contribution in [3.8, 4) is 5.75 Å². The first-order valence-corrected chi connectivity index (χ1v) is 10.8. The molecule has 11 heteroatoms. The van der Waals surface area contributed by atoms with Crippen LogP contribution in [-0.2, 0) is 15.0 Å². The zero-order valence-electron chi connectivity index (χ0n) is 16.9. The molecule has 1 atom stereocenters. The zero-order valence-corrected chi connectivity index (χ0v) is 17.7. The molecule has 0 radical (unpaired) electrons. The topological polar surface area (TPSA) is 174 Å². The number of fused-ring (bicyclic) bond motifs is 1. The summed E-state index contributed by atoms with van der Waals surface area (Å²) in [6.07, 6.45) is 1.57. The van der Waals surface area contributed by atoms with Crippen LogP contribution in [0, 0.1) is 12.3 Å². The summed E-state index contributed by atoms with van der Waals surface area (Å²) in [5.41, 5.74) is 8.27. The first kappa shape index (κ1) is 22.1. The number of ether oxygens (including phenoxy) is 1. The number of nitrogens with two attached hydrogens (primary N) is 2. The molecule has 7 N–H and O–H groups in total. The first-order valence-electron chi connectivity index (χ1n) is 9.29. The van der Waals surface area contributed by atoms with Gasteiger partial charge in [0.1, 0.15) is 11.9 Å². The van der Waals surface area contributed by atoms with Gasteiger partial charge in [0.2, 0.25) is 0 Å². The number of aryl methyl sites for hydroxylation is 1. The van der Waals surface area contributed by atoms with E-state index in [1.54, 1.807) is 47.4 Å². The molecule has 0 saturated heterocycles. The van der Waals surface area contributed by atoms with Crippen molar-refractivity contribution in [2.75, 3.05) is 11.9 Å². The highest BCUT2D eigenvalue weighted by molar-refractivity contribution is 7.87. The maximum absolute atomic E-state index is 12.8. The highest BCUT2D eigenvalue weighted by atomic mass is 32.2. The van der Waals surface area contributed by atoms with Gasteiger partial charge in [0, 0.05) is 16.6 Å². The fraction of sp³-hybridized carbons (Fsp3) is 0.200. The standard InChI is InChI=1S/C20H23N5O5S/c1-3-29-16-9-13(8-15-11(2)10-30-18(15)16)17(20(26)25-31(23,27)28)24-14-6-4-12(5-7-14)19(21)22/h4-10,17,24H,3H2,1-2H3,(H3,21,22)(H,25,26)(H2,23,27,28)/t17-/m0/s1. The molecule has 1 heterocycles. The van der Waals surface area contributed by atoms with Gasteiger partial charge in [0.25, 0.3) is 16.1 Å². The molecule has 1 amide bonds. The molecule has 0 aliphatic carbocycles. The van der Waals surface area contributed by atoms with Crippen molar-refractivity contribution < 1.29 is 22.4 Å². The Bertz CT molecular complexity index is 1230. The van der Waals surface area contributed by atoms with Crippen molar-refractivity contribution in [3.05, 3.63) is 59.4 Å². The van der Waals surface area contributed by atoms with Crippen LogP contribution in [0.4, 0.5) is 5.69 Å². The summed E-state index contributed by atoms with van der Waals surface area (Å²) in [5, 5.41) is 16.2. The van der Waals surface area contributed by atoms with E-state index in [9.17, 15) is 13.2 Å². The minimum Gasteiger partial charge on any atom is -0.490 e. The van der Waals surface area contributed by atoms with Crippen LogP contribution in [0.15, 0.2) is 47.1 Å². The Labute approximate surface area is 179 Å². The second-order valence-corrected chi connectivity index (χ2v) is 8.12. The third-order valence-corrected chi connectivity index (χ3v) is 4.99. The van der Waals surface area contributed by atoms with Crippen molar-refractivity contribution in [2.45, 2.75) is 19.9 Å². The lowest BCUT2D eigenvalue weighted by atomic mass is 10.0. The van der Waals surface area contributed by atoms with Crippen LogP contribution in [0.2, 0.25) is 0 Å². The normalized spacial score (nSPS) is 12.4. The summed E-state index contributed by atoms with van der Waals surface area (Å²) in [4.78, 5) is 12.8. The average molecular weight is 446 g/mol. The number of anilines is 1. The zero-order chi connectivity index (χ0) is 22.8. The Morgan fingerprint density at radius 3 is 2.52 bits per heavy atom. The van der Waals surface area contributed by atoms with Crippen LogP contribution in [-0.4, -0.2) is 26.8 Å². The number of hydrogen-bond acceptors (Lipinski definition) is 7. The quantitative estimate of drug-likeness (QED) is 0.260. The highest BCUT2D eigenvalue weighted by Crippen LogP contribution is 2.34. The fourth-order valence-corrected chi connectivity index (χ4v) is 3.49. The predicted molar refractivity (Wildman–Crippen MR) is 117 cm³/mol. The number of nitrogen functional groups attached to an aromatic ring is 1. The highest BCUT2D eigenvalue weighted by Gasteiger charge is 2.26. The SMILES string of the molecule is CCOc1cc([C@H](Nc2ccc(C(=N)N)cc2)C(=O)NS(N)(=O)=O)cc2c(C)coc12. The van der Waals surface area contributed by atoms with Crippen LogP contribution >= 0.6 is 0 Å². The van der Waals surface area contributed by atoms with Gasteiger partial charge in [-0.3, -0.25) is 10.2 Å². The number of rotatable bonds is 8. The van der Waals surface area contributed by atoms with Gasteiger partial charge in [-0.25, -0.2) is 9.86 Å². The van der Waals surface area contributed by atoms with E-state index < -0.39 is 22.2 Å². The monoisotopic (exact) mass is 445 g/mol. The van der Waals surface area contributed by atoms with E-state index in [0.29, 0.717) is 34.8 Å². The smallest absolute Gasteiger partial charge is 0.298 e. The molecule has 3 rings (SSSR count). The largest absolute Gasteiger partial charge is 0.490 e. The van der Waals surface area contributed by atoms with Crippen LogP contribution in [0.3, 0.4) is 0 Å². The number of amidine groups is 1. The van der Waals surface area contributed by atoms with E-state index in [1.807, 2.05) is 13.8 Å². The molecule has 10 nitrogen and oxygen atoms in total. The third kappa shape index (κ3) is 5.13. The number of furan rings is 1. The Kier molecular flexibility index (Phi) is 6.18. The Morgan fingerprint density at radius 2 is 1.94 bits per heavy atom. The molecule has 31 heavy (non-hydrogen) atoms. The average Bonchev–Trinajstić information content (AvgIpc) is 3.06. The molecule has 0 saturated carbocycles. The van der Waals surface area contributed by atoms with Gasteiger partial charge in [-0.15, -0.1) is 0 Å². The molecule has 0 bridgehead atoms. The van der Waals surface area contributed by atoms with Crippen molar-refractivity contribution in [1.29, 1.82) is 5.41 Å². The van der Waals surface area contributed by atoms with Crippen molar-refractivity contribution in [3.63, 3.8) is 0 Å². The van der Waals surface area contributed by atoms with E-state index in [2.05, 4.69) is 5.32 Å². The van der Waals surface area contributed by atoms with Gasteiger partial charge in [-0.1, -0.05) is 0 Å². The summed E-state index contributed by atoms with van der Waals surface area (Å²) in [6.45, 7) is 4.03. The first-order chi connectivity index (χ1) is 14.6. The number of nitrogens with one attached hydrogen (secondary N) is 3. The number of carbonyl (C=O) groups excluding carboxylic acids is 1. The molecule has 164 valence electrons. The lowest BCUT2D eigenvalue weighted by molar-refractivity contribution is -0.120. The number of carbonyl (C=O) groups is 1. The maximum atomic E-state index is 12.8. The van der Waals surface area contributed by atoms with Crippen molar-refractivity contribution in [1.82, 2.24) is 4.72 Å².